The molecule has 0 saturated heterocycles. The van der Waals surface area contributed by atoms with Crippen molar-refractivity contribution in [3.63, 3.8) is 0 Å². The summed E-state index contributed by atoms with van der Waals surface area (Å²) in [6.45, 7) is 7.22. The molecule has 0 radical (unpaired) electrons. The molecule has 1 atom stereocenters. The summed E-state index contributed by atoms with van der Waals surface area (Å²) >= 11 is 0. The SMILES string of the molecule is CC.CC1CNc2cccnc21. The van der Waals surface area contributed by atoms with Crippen LogP contribution in [0.4, 0.5) is 5.69 Å². The molecule has 1 N–H and O–H groups in total. The van der Waals surface area contributed by atoms with Crippen LogP contribution in [-0.4, -0.2) is 11.5 Å². The van der Waals surface area contributed by atoms with Crippen LogP contribution < -0.4 is 5.32 Å². The molecule has 1 unspecified atom stereocenters. The van der Waals surface area contributed by atoms with Gasteiger partial charge in [-0.25, -0.2) is 0 Å². The largest absolute Gasteiger partial charge is 0.383 e. The van der Waals surface area contributed by atoms with Crippen molar-refractivity contribution in [2.24, 2.45) is 0 Å². The molecule has 2 heterocycles. The van der Waals surface area contributed by atoms with Gasteiger partial charge < -0.3 is 5.32 Å². The van der Waals surface area contributed by atoms with Gasteiger partial charge in [0.05, 0.1) is 11.4 Å². The second kappa shape index (κ2) is 4.10. The second-order valence-electron chi connectivity index (χ2n) is 2.72. The van der Waals surface area contributed by atoms with E-state index < -0.39 is 0 Å². The lowest BCUT2D eigenvalue weighted by Crippen LogP contribution is -1.96. The van der Waals surface area contributed by atoms with Crippen molar-refractivity contribution in [2.75, 3.05) is 11.9 Å². The summed E-state index contributed by atoms with van der Waals surface area (Å²) in [5.74, 6) is 0.580. The van der Waals surface area contributed by atoms with E-state index in [0.717, 1.165) is 6.54 Å². The molecule has 0 fully saturated rings. The molecule has 2 heteroatoms. The fourth-order valence-electron chi connectivity index (χ4n) is 1.32. The minimum atomic E-state index is 0.580. The fraction of sp³-hybridized carbons (Fsp3) is 0.500. The first-order chi connectivity index (χ1) is 5.88. The van der Waals surface area contributed by atoms with Crippen LogP contribution in [0, 0.1) is 0 Å². The van der Waals surface area contributed by atoms with E-state index in [0.29, 0.717) is 5.92 Å². The zero-order valence-corrected chi connectivity index (χ0v) is 7.96. The van der Waals surface area contributed by atoms with Crippen LogP contribution in [0.3, 0.4) is 0 Å². The van der Waals surface area contributed by atoms with E-state index in [1.54, 1.807) is 0 Å². The monoisotopic (exact) mass is 164 g/mol. The van der Waals surface area contributed by atoms with Gasteiger partial charge in [-0.3, -0.25) is 4.98 Å². The topological polar surface area (TPSA) is 24.9 Å². The average Bonchev–Trinajstić information content (AvgIpc) is 2.53. The molecule has 1 aromatic rings. The molecule has 1 aromatic heterocycles. The lowest BCUT2D eigenvalue weighted by atomic mass is 10.1. The van der Waals surface area contributed by atoms with Crippen LogP contribution >= 0.6 is 0 Å². The van der Waals surface area contributed by atoms with Crippen molar-refractivity contribution in [1.29, 1.82) is 0 Å². The van der Waals surface area contributed by atoms with Gasteiger partial charge in [-0.1, -0.05) is 20.8 Å². The molecular weight excluding hydrogens is 148 g/mol. The number of hydrogen-bond acceptors (Lipinski definition) is 2. The maximum absolute atomic E-state index is 4.28. The normalized spacial score (nSPS) is 18.8. The van der Waals surface area contributed by atoms with Crippen LogP contribution in [0.1, 0.15) is 32.4 Å². The summed E-state index contributed by atoms with van der Waals surface area (Å²) < 4.78 is 0. The van der Waals surface area contributed by atoms with Gasteiger partial charge in [0.15, 0.2) is 0 Å². The van der Waals surface area contributed by atoms with Crippen molar-refractivity contribution >= 4 is 5.69 Å². The fourth-order valence-corrected chi connectivity index (χ4v) is 1.32. The van der Waals surface area contributed by atoms with Crippen molar-refractivity contribution in [3.8, 4) is 0 Å². The van der Waals surface area contributed by atoms with Crippen LogP contribution in [0.25, 0.3) is 0 Å². The van der Waals surface area contributed by atoms with Gasteiger partial charge in [0.1, 0.15) is 0 Å². The quantitative estimate of drug-likeness (QED) is 0.637. The Bertz CT molecular complexity index is 245. The van der Waals surface area contributed by atoms with E-state index in [-0.39, 0.29) is 0 Å². The minimum absolute atomic E-state index is 0.580. The molecule has 0 aromatic carbocycles. The van der Waals surface area contributed by atoms with Crippen LogP contribution in [0.5, 0.6) is 0 Å². The summed E-state index contributed by atoms with van der Waals surface area (Å²) in [5.41, 5.74) is 2.41. The molecule has 0 amide bonds. The number of rotatable bonds is 0. The second-order valence-corrected chi connectivity index (χ2v) is 2.72. The summed E-state index contributed by atoms with van der Waals surface area (Å²) in [6, 6.07) is 4.04. The highest BCUT2D eigenvalue weighted by Gasteiger charge is 2.17. The number of pyridine rings is 1. The molecule has 0 bridgehead atoms. The molecule has 2 rings (SSSR count). The maximum atomic E-state index is 4.28. The third-order valence-corrected chi connectivity index (χ3v) is 1.90. The van der Waals surface area contributed by atoms with E-state index in [4.69, 9.17) is 0 Å². The number of nitrogens with one attached hydrogen (secondary N) is 1. The van der Waals surface area contributed by atoms with E-state index in [1.807, 2.05) is 26.1 Å². The van der Waals surface area contributed by atoms with Crippen molar-refractivity contribution < 1.29 is 0 Å². The summed E-state index contributed by atoms with van der Waals surface area (Å²) in [7, 11) is 0. The van der Waals surface area contributed by atoms with E-state index >= 15 is 0 Å². The highest BCUT2D eigenvalue weighted by Crippen LogP contribution is 2.27. The molecule has 0 saturated carbocycles. The molecular formula is C10H16N2. The Morgan fingerprint density at radius 3 is 2.92 bits per heavy atom. The minimum Gasteiger partial charge on any atom is -0.383 e. The Morgan fingerprint density at radius 1 is 1.50 bits per heavy atom. The molecule has 66 valence electrons. The highest BCUT2D eigenvalue weighted by molar-refractivity contribution is 5.53. The van der Waals surface area contributed by atoms with Crippen LogP contribution in [0.15, 0.2) is 18.3 Å². The number of anilines is 1. The van der Waals surface area contributed by atoms with Gasteiger partial charge in [-0.05, 0) is 12.1 Å². The number of hydrogen-bond donors (Lipinski definition) is 1. The lowest BCUT2D eigenvalue weighted by molar-refractivity contribution is 0.822. The molecule has 0 spiro atoms. The van der Waals surface area contributed by atoms with Gasteiger partial charge in [0, 0.05) is 18.7 Å². The Morgan fingerprint density at radius 2 is 2.25 bits per heavy atom. The predicted octanol–water partition coefficient (Wildman–Crippen LogP) is 2.64. The number of aromatic nitrogens is 1. The zero-order chi connectivity index (χ0) is 8.97. The van der Waals surface area contributed by atoms with Gasteiger partial charge in [-0.2, -0.15) is 0 Å². The van der Waals surface area contributed by atoms with Crippen molar-refractivity contribution in [2.45, 2.75) is 26.7 Å². The van der Waals surface area contributed by atoms with Crippen molar-refractivity contribution in [3.05, 3.63) is 24.0 Å². The standard InChI is InChI=1S/C8H10N2.C2H6/c1-6-5-10-7-3-2-4-9-8(6)7;1-2/h2-4,6,10H,5H2,1H3;1-2H3. The van der Waals surface area contributed by atoms with Gasteiger partial charge in [0.25, 0.3) is 0 Å². The van der Waals surface area contributed by atoms with Gasteiger partial charge in [0.2, 0.25) is 0 Å². The summed E-state index contributed by atoms with van der Waals surface area (Å²) in [6.07, 6.45) is 1.85. The first-order valence-corrected chi connectivity index (χ1v) is 4.56. The Labute approximate surface area is 74.0 Å². The van der Waals surface area contributed by atoms with E-state index in [1.165, 1.54) is 11.4 Å². The summed E-state index contributed by atoms with van der Waals surface area (Å²) in [4.78, 5) is 4.28. The van der Waals surface area contributed by atoms with E-state index in [2.05, 4.69) is 23.3 Å². The number of nitrogens with zero attached hydrogens (tertiary/aromatic N) is 1. The zero-order valence-electron chi connectivity index (χ0n) is 7.96. The third kappa shape index (κ3) is 1.58. The van der Waals surface area contributed by atoms with Gasteiger partial charge >= 0.3 is 0 Å². The van der Waals surface area contributed by atoms with Crippen molar-refractivity contribution in [1.82, 2.24) is 4.98 Å². The maximum Gasteiger partial charge on any atom is 0.0680 e. The predicted molar refractivity (Wildman–Crippen MR) is 52.5 cm³/mol. The number of fused-ring (bicyclic) bond motifs is 1. The first kappa shape index (κ1) is 9.04. The smallest absolute Gasteiger partial charge is 0.0680 e. The third-order valence-electron chi connectivity index (χ3n) is 1.90. The molecule has 0 aliphatic carbocycles. The van der Waals surface area contributed by atoms with Crippen LogP contribution in [0.2, 0.25) is 0 Å². The average molecular weight is 164 g/mol. The van der Waals surface area contributed by atoms with E-state index in [9.17, 15) is 0 Å². The first-order valence-electron chi connectivity index (χ1n) is 4.56. The molecule has 2 nitrogen and oxygen atoms in total. The molecule has 1 aliphatic rings. The van der Waals surface area contributed by atoms with Gasteiger partial charge in [-0.15, -0.1) is 0 Å². The lowest BCUT2D eigenvalue weighted by Gasteiger charge is -1.97. The summed E-state index contributed by atoms with van der Waals surface area (Å²) in [5, 5.41) is 3.29. The molecule has 12 heavy (non-hydrogen) atoms. The highest BCUT2D eigenvalue weighted by atomic mass is 14.9. The Balaban J connectivity index is 0.000000336. The van der Waals surface area contributed by atoms with Crippen LogP contribution in [-0.2, 0) is 0 Å². The Hall–Kier alpha value is -1.05. The Kier molecular flexibility index (Phi) is 3.09. The molecule has 1 aliphatic heterocycles.